The van der Waals surface area contributed by atoms with Crippen molar-refractivity contribution in [1.29, 1.82) is 0 Å². The normalized spacial score (nSPS) is 22.5. The van der Waals surface area contributed by atoms with E-state index in [1.165, 1.54) is 4.90 Å². The van der Waals surface area contributed by atoms with Crippen LogP contribution in [0, 0.1) is 0 Å². The van der Waals surface area contributed by atoms with Crippen LogP contribution in [0.25, 0.3) is 0 Å². The fourth-order valence-corrected chi connectivity index (χ4v) is 4.22. The van der Waals surface area contributed by atoms with Crippen LogP contribution in [-0.4, -0.2) is 59.1 Å². The van der Waals surface area contributed by atoms with E-state index in [1.54, 1.807) is 48.5 Å². The number of hydrogen-bond acceptors (Lipinski definition) is 7. The third-order valence-corrected chi connectivity index (χ3v) is 5.62. The van der Waals surface area contributed by atoms with E-state index >= 15 is 0 Å². The van der Waals surface area contributed by atoms with Crippen LogP contribution in [0.3, 0.4) is 0 Å². The smallest absolute Gasteiger partial charge is 0.413 e. The molecular formula is C15H30NO7P. The Morgan fingerprint density at radius 3 is 2.25 bits per heavy atom. The first kappa shape index (κ1) is 21.4. The molecule has 0 saturated carbocycles. The lowest BCUT2D eigenvalue weighted by molar-refractivity contribution is -0.0658. The van der Waals surface area contributed by atoms with E-state index in [2.05, 4.69) is 0 Å². The monoisotopic (exact) mass is 367 g/mol. The van der Waals surface area contributed by atoms with E-state index in [-0.39, 0.29) is 19.8 Å². The molecule has 0 aromatic heterocycles. The molecule has 8 nitrogen and oxygen atoms in total. The van der Waals surface area contributed by atoms with Crippen LogP contribution >= 0.6 is 7.60 Å². The number of nitrogens with zero attached hydrogens (tertiary/aromatic N) is 1. The van der Waals surface area contributed by atoms with Gasteiger partial charge >= 0.3 is 13.7 Å². The number of carbonyl (C=O) groups excluding carboxylic acids is 1. The van der Waals surface area contributed by atoms with Crippen LogP contribution in [0.5, 0.6) is 0 Å². The minimum Gasteiger partial charge on any atom is -0.444 e. The van der Waals surface area contributed by atoms with Gasteiger partial charge in [-0.2, -0.15) is 0 Å². The van der Waals surface area contributed by atoms with Gasteiger partial charge in [-0.3, -0.25) is 9.46 Å². The number of aliphatic hydroxyl groups excluding tert-OH is 1. The third-order valence-electron chi connectivity index (χ3n) is 3.40. The number of amides is 1. The van der Waals surface area contributed by atoms with Crippen molar-refractivity contribution in [3.63, 3.8) is 0 Å². The zero-order valence-electron chi connectivity index (χ0n) is 15.6. The van der Waals surface area contributed by atoms with Crippen LogP contribution in [0.2, 0.25) is 0 Å². The van der Waals surface area contributed by atoms with Crippen LogP contribution in [0.1, 0.15) is 48.5 Å². The molecule has 0 unspecified atom stereocenters. The van der Waals surface area contributed by atoms with Gasteiger partial charge in [0.05, 0.1) is 25.9 Å². The van der Waals surface area contributed by atoms with E-state index in [0.717, 1.165) is 0 Å². The number of rotatable bonds is 6. The molecule has 0 aromatic rings. The summed E-state index contributed by atoms with van der Waals surface area (Å²) in [4.78, 5) is 13.8. The van der Waals surface area contributed by atoms with E-state index in [4.69, 9.17) is 18.5 Å². The molecule has 24 heavy (non-hydrogen) atoms. The Morgan fingerprint density at radius 1 is 1.33 bits per heavy atom. The molecule has 2 atom stereocenters. The van der Waals surface area contributed by atoms with Gasteiger partial charge in [-0.05, 0) is 48.5 Å². The largest absolute Gasteiger partial charge is 0.444 e. The Kier molecular flexibility index (Phi) is 6.86. The number of ether oxygens (including phenoxy) is 2. The van der Waals surface area contributed by atoms with Crippen LogP contribution in [0.15, 0.2) is 0 Å². The lowest BCUT2D eigenvalue weighted by atomic mass is 10.2. The van der Waals surface area contributed by atoms with Crippen molar-refractivity contribution in [3.8, 4) is 0 Å². The Morgan fingerprint density at radius 2 is 1.83 bits per heavy atom. The number of hydrogen-bond donors (Lipinski definition) is 1. The molecular weight excluding hydrogens is 337 g/mol. The average molecular weight is 367 g/mol. The maximum atomic E-state index is 12.8. The molecule has 1 heterocycles. The highest BCUT2D eigenvalue weighted by atomic mass is 31.2. The molecule has 1 rings (SSSR count). The van der Waals surface area contributed by atoms with Gasteiger partial charge < -0.3 is 23.6 Å². The maximum absolute atomic E-state index is 12.8. The molecule has 1 saturated heterocycles. The topological polar surface area (TPSA) is 94.5 Å². The van der Waals surface area contributed by atoms with Crippen molar-refractivity contribution >= 4 is 13.7 Å². The predicted octanol–water partition coefficient (Wildman–Crippen LogP) is 2.94. The van der Waals surface area contributed by atoms with Crippen molar-refractivity contribution in [2.75, 3.05) is 19.8 Å². The predicted molar refractivity (Wildman–Crippen MR) is 88.8 cm³/mol. The van der Waals surface area contributed by atoms with Crippen molar-refractivity contribution in [2.24, 2.45) is 0 Å². The second-order valence-corrected chi connectivity index (χ2v) is 9.09. The first-order valence-electron chi connectivity index (χ1n) is 8.11. The van der Waals surface area contributed by atoms with Gasteiger partial charge in [-0.25, -0.2) is 4.79 Å². The van der Waals surface area contributed by atoms with Crippen LogP contribution in [-0.2, 0) is 23.1 Å². The summed E-state index contributed by atoms with van der Waals surface area (Å²) in [5, 5.41) is 10.6. The Balaban J connectivity index is 3.11. The highest BCUT2D eigenvalue weighted by Gasteiger charge is 2.53. The summed E-state index contributed by atoms with van der Waals surface area (Å²) >= 11 is 0. The van der Waals surface area contributed by atoms with Crippen molar-refractivity contribution < 1.29 is 33.0 Å². The van der Waals surface area contributed by atoms with Gasteiger partial charge in [0, 0.05) is 0 Å². The minimum absolute atomic E-state index is 0.00243. The molecule has 0 bridgehead atoms. The first-order valence-corrected chi connectivity index (χ1v) is 9.72. The van der Waals surface area contributed by atoms with Gasteiger partial charge in [0.25, 0.3) is 0 Å². The van der Waals surface area contributed by atoms with E-state index in [0.29, 0.717) is 0 Å². The standard InChI is InChI=1S/C15H30NO7P/c1-8-21-24(19,22-9-2)12(17)11-10-20-15(6,7)16(11)13(18)23-14(3,4)5/h11-12,17H,8-10H2,1-7H3/t11-,12+/m0/s1. The molecule has 0 aromatic carbocycles. The molecule has 1 N–H and O–H groups in total. The van der Waals surface area contributed by atoms with Gasteiger partial charge in [0.2, 0.25) is 0 Å². The van der Waals surface area contributed by atoms with E-state index in [9.17, 15) is 14.5 Å². The van der Waals surface area contributed by atoms with Crippen LogP contribution < -0.4 is 0 Å². The Labute approximate surface area is 143 Å². The third kappa shape index (κ3) is 4.92. The van der Waals surface area contributed by atoms with Crippen molar-refractivity contribution in [3.05, 3.63) is 0 Å². The summed E-state index contributed by atoms with van der Waals surface area (Å²) in [6.07, 6.45) is -0.659. The fraction of sp³-hybridized carbons (Fsp3) is 0.933. The zero-order valence-corrected chi connectivity index (χ0v) is 16.5. The molecule has 1 aliphatic heterocycles. The highest BCUT2D eigenvalue weighted by Crippen LogP contribution is 2.55. The summed E-state index contributed by atoms with van der Waals surface area (Å²) in [6, 6.07) is -0.904. The Bertz CT molecular complexity index is 479. The quantitative estimate of drug-likeness (QED) is 0.721. The van der Waals surface area contributed by atoms with Gasteiger partial charge in [0.1, 0.15) is 11.3 Å². The lowest BCUT2D eigenvalue weighted by Gasteiger charge is -2.37. The molecule has 9 heteroatoms. The zero-order chi connectivity index (χ0) is 18.8. The lowest BCUT2D eigenvalue weighted by Crippen LogP contribution is -2.53. The average Bonchev–Trinajstić information content (AvgIpc) is 2.72. The summed E-state index contributed by atoms with van der Waals surface area (Å²) in [6.45, 7) is 12.1. The van der Waals surface area contributed by atoms with Crippen LogP contribution in [0.4, 0.5) is 4.79 Å². The number of carbonyl (C=O) groups is 1. The molecule has 0 spiro atoms. The molecule has 0 aliphatic carbocycles. The first-order chi connectivity index (χ1) is 10.9. The summed E-state index contributed by atoms with van der Waals surface area (Å²) in [5.41, 5.74) is -1.73. The van der Waals surface area contributed by atoms with E-state index < -0.39 is 36.9 Å². The molecule has 0 radical (unpaired) electrons. The maximum Gasteiger partial charge on any atom is 0.413 e. The van der Waals surface area contributed by atoms with Gasteiger partial charge in [0.15, 0.2) is 5.85 Å². The molecule has 142 valence electrons. The summed E-state index contributed by atoms with van der Waals surface area (Å²) in [5.74, 6) is -1.54. The fourth-order valence-electron chi connectivity index (χ4n) is 2.48. The second kappa shape index (κ2) is 7.70. The summed E-state index contributed by atoms with van der Waals surface area (Å²) < 4.78 is 34.2. The molecule has 1 aliphatic rings. The summed E-state index contributed by atoms with van der Waals surface area (Å²) in [7, 11) is -3.82. The van der Waals surface area contributed by atoms with Gasteiger partial charge in [-0.15, -0.1) is 0 Å². The van der Waals surface area contributed by atoms with Gasteiger partial charge in [-0.1, -0.05) is 0 Å². The molecule has 1 amide bonds. The van der Waals surface area contributed by atoms with E-state index in [1.807, 2.05) is 0 Å². The minimum atomic E-state index is -3.82. The Hall–Kier alpha value is -0.660. The van der Waals surface area contributed by atoms with Crippen molar-refractivity contribution in [1.82, 2.24) is 4.90 Å². The van der Waals surface area contributed by atoms with Crippen molar-refractivity contribution in [2.45, 2.75) is 71.7 Å². The second-order valence-electron chi connectivity index (χ2n) is 6.96. The SMILES string of the molecule is CCOP(=O)(OCC)[C@@H](O)[C@@H]1COC(C)(C)N1C(=O)OC(C)(C)C. The number of aliphatic hydroxyl groups is 1. The highest BCUT2D eigenvalue weighted by molar-refractivity contribution is 7.54. The molecule has 1 fully saturated rings.